The Morgan fingerprint density at radius 3 is 2.75 bits per heavy atom. The van der Waals surface area contributed by atoms with E-state index in [-0.39, 0.29) is 11.7 Å². The third-order valence-electron chi connectivity index (χ3n) is 4.04. The number of aliphatic imine (C=N–C) groups is 1. The number of thioether (sulfide) groups is 1. The highest BCUT2D eigenvalue weighted by Crippen LogP contribution is 2.26. The smallest absolute Gasteiger partial charge is 0.191 e. The van der Waals surface area contributed by atoms with Crippen molar-refractivity contribution >= 4 is 23.4 Å². The number of anilines is 1. The van der Waals surface area contributed by atoms with Crippen molar-refractivity contribution < 1.29 is 8.78 Å². The van der Waals surface area contributed by atoms with Crippen molar-refractivity contribution in [1.29, 1.82) is 0 Å². The summed E-state index contributed by atoms with van der Waals surface area (Å²) in [5, 5.41) is 7.06. The van der Waals surface area contributed by atoms with Crippen LogP contribution in [0.5, 0.6) is 0 Å². The number of nitrogens with one attached hydrogen (secondary N) is 2. The zero-order valence-corrected chi connectivity index (χ0v) is 15.3. The van der Waals surface area contributed by atoms with Crippen LogP contribution < -0.4 is 15.5 Å². The Balaban J connectivity index is 1.99. The Hall–Kier alpha value is -1.50. The molecule has 1 saturated heterocycles. The van der Waals surface area contributed by atoms with Crippen LogP contribution in [0, 0.1) is 11.6 Å². The van der Waals surface area contributed by atoms with Crippen molar-refractivity contribution in [3.8, 4) is 0 Å². The van der Waals surface area contributed by atoms with Crippen LogP contribution in [0.15, 0.2) is 23.2 Å². The average molecular weight is 356 g/mol. The molecule has 134 valence electrons. The SMILES string of the molecule is CCNC(=NCC(C)SC)NC1CCN(c2c(F)cccc2F)C1. The molecule has 0 spiro atoms. The average Bonchev–Trinajstić information content (AvgIpc) is 3.00. The Morgan fingerprint density at radius 2 is 2.12 bits per heavy atom. The molecule has 1 aromatic rings. The molecular weight excluding hydrogens is 330 g/mol. The maximum Gasteiger partial charge on any atom is 0.191 e. The zero-order chi connectivity index (χ0) is 17.5. The highest BCUT2D eigenvalue weighted by molar-refractivity contribution is 7.99. The molecule has 2 atom stereocenters. The van der Waals surface area contributed by atoms with Crippen LogP contribution in [0.1, 0.15) is 20.3 Å². The van der Waals surface area contributed by atoms with E-state index < -0.39 is 11.6 Å². The van der Waals surface area contributed by atoms with Crippen molar-refractivity contribution in [2.75, 3.05) is 37.3 Å². The van der Waals surface area contributed by atoms with Crippen LogP contribution in [0.3, 0.4) is 0 Å². The van der Waals surface area contributed by atoms with Crippen LogP contribution in [0.2, 0.25) is 0 Å². The Morgan fingerprint density at radius 1 is 1.42 bits per heavy atom. The van der Waals surface area contributed by atoms with E-state index >= 15 is 0 Å². The standard InChI is InChI=1S/C17H26F2N4S/c1-4-20-17(21-10-12(2)24-3)22-13-8-9-23(11-13)16-14(18)6-5-7-15(16)19/h5-7,12-13H,4,8-11H2,1-3H3,(H2,20,21,22). The lowest BCUT2D eigenvalue weighted by molar-refractivity contribution is 0.576. The monoisotopic (exact) mass is 356 g/mol. The van der Waals surface area contributed by atoms with E-state index in [0.717, 1.165) is 25.5 Å². The molecule has 2 N–H and O–H groups in total. The van der Waals surface area contributed by atoms with E-state index in [1.165, 1.54) is 18.2 Å². The lowest BCUT2D eigenvalue weighted by Gasteiger charge is -2.21. The van der Waals surface area contributed by atoms with E-state index in [9.17, 15) is 8.78 Å². The lowest BCUT2D eigenvalue weighted by Crippen LogP contribution is -2.45. The van der Waals surface area contributed by atoms with E-state index in [1.54, 1.807) is 16.7 Å². The normalized spacial score (nSPS) is 19.5. The van der Waals surface area contributed by atoms with Crippen molar-refractivity contribution in [3.05, 3.63) is 29.8 Å². The third-order valence-corrected chi connectivity index (χ3v) is 4.99. The number of rotatable bonds is 6. The summed E-state index contributed by atoms with van der Waals surface area (Å²) >= 11 is 1.77. The minimum atomic E-state index is -0.509. The Bertz CT molecular complexity index is 547. The number of para-hydroxylation sites is 1. The van der Waals surface area contributed by atoms with E-state index in [4.69, 9.17) is 0 Å². The number of nitrogens with zero attached hydrogens (tertiary/aromatic N) is 2. The topological polar surface area (TPSA) is 39.7 Å². The number of hydrogen-bond acceptors (Lipinski definition) is 3. The predicted octanol–water partition coefficient (Wildman–Crippen LogP) is 2.85. The summed E-state index contributed by atoms with van der Waals surface area (Å²) in [7, 11) is 0. The quantitative estimate of drug-likeness (QED) is 0.607. The van der Waals surface area contributed by atoms with Gasteiger partial charge in [0.15, 0.2) is 5.96 Å². The second kappa shape index (κ2) is 9.11. The predicted molar refractivity (Wildman–Crippen MR) is 99.1 cm³/mol. The molecule has 24 heavy (non-hydrogen) atoms. The molecule has 1 aromatic carbocycles. The molecule has 1 heterocycles. The van der Waals surface area contributed by atoms with Crippen LogP contribution in [0.4, 0.5) is 14.5 Å². The number of guanidine groups is 1. The second-order valence-corrected chi connectivity index (χ2v) is 7.19. The molecule has 1 fully saturated rings. The van der Waals surface area contributed by atoms with Gasteiger partial charge in [0, 0.05) is 30.9 Å². The summed E-state index contributed by atoms with van der Waals surface area (Å²) in [5.74, 6) is -0.255. The molecule has 0 aliphatic carbocycles. The molecule has 0 radical (unpaired) electrons. The fourth-order valence-corrected chi connectivity index (χ4v) is 2.90. The first-order valence-electron chi connectivity index (χ1n) is 8.31. The molecule has 0 amide bonds. The molecule has 0 bridgehead atoms. The lowest BCUT2D eigenvalue weighted by atomic mass is 10.2. The van der Waals surface area contributed by atoms with Gasteiger partial charge >= 0.3 is 0 Å². The summed E-state index contributed by atoms with van der Waals surface area (Å²) in [4.78, 5) is 6.35. The van der Waals surface area contributed by atoms with Crippen molar-refractivity contribution in [1.82, 2.24) is 10.6 Å². The molecule has 7 heteroatoms. The molecule has 1 aliphatic heterocycles. The molecular formula is C17H26F2N4S. The van der Waals surface area contributed by atoms with Crippen molar-refractivity contribution in [2.24, 2.45) is 4.99 Å². The van der Waals surface area contributed by atoms with Crippen molar-refractivity contribution in [3.63, 3.8) is 0 Å². The number of halogens is 2. The maximum absolute atomic E-state index is 13.9. The first-order chi connectivity index (χ1) is 11.5. The maximum atomic E-state index is 13.9. The van der Waals surface area contributed by atoms with Gasteiger partial charge < -0.3 is 15.5 Å². The minimum Gasteiger partial charge on any atom is -0.365 e. The largest absolute Gasteiger partial charge is 0.365 e. The second-order valence-electron chi connectivity index (χ2n) is 5.91. The van der Waals surface area contributed by atoms with Gasteiger partial charge in [-0.05, 0) is 31.7 Å². The molecule has 1 aliphatic rings. The van der Waals surface area contributed by atoms with Gasteiger partial charge in [-0.2, -0.15) is 11.8 Å². The molecule has 2 rings (SSSR count). The Kier molecular flexibility index (Phi) is 7.15. The van der Waals surface area contributed by atoms with Crippen LogP contribution in [-0.2, 0) is 0 Å². The zero-order valence-electron chi connectivity index (χ0n) is 14.5. The fraction of sp³-hybridized carbons (Fsp3) is 0.588. The first-order valence-corrected chi connectivity index (χ1v) is 9.60. The van der Waals surface area contributed by atoms with Crippen LogP contribution >= 0.6 is 11.8 Å². The van der Waals surface area contributed by atoms with Gasteiger partial charge in [-0.3, -0.25) is 4.99 Å². The van der Waals surface area contributed by atoms with Gasteiger partial charge in [0.05, 0.1) is 6.54 Å². The minimum absolute atomic E-state index is 0.0692. The highest BCUT2D eigenvalue weighted by atomic mass is 32.2. The van der Waals surface area contributed by atoms with Crippen LogP contribution in [-0.4, -0.2) is 49.7 Å². The molecule has 2 unspecified atom stereocenters. The van der Waals surface area contributed by atoms with Crippen LogP contribution in [0.25, 0.3) is 0 Å². The van der Waals surface area contributed by atoms with Gasteiger partial charge in [-0.15, -0.1) is 0 Å². The highest BCUT2D eigenvalue weighted by Gasteiger charge is 2.27. The summed E-state index contributed by atoms with van der Waals surface area (Å²) in [6.07, 6.45) is 2.88. The van der Waals surface area contributed by atoms with Gasteiger partial charge in [0.25, 0.3) is 0 Å². The third kappa shape index (κ3) is 5.00. The Labute approximate surface area is 147 Å². The summed E-state index contributed by atoms with van der Waals surface area (Å²) in [6.45, 7) is 6.84. The molecule has 0 saturated carbocycles. The molecule has 0 aromatic heterocycles. The van der Waals surface area contributed by atoms with Crippen molar-refractivity contribution in [2.45, 2.75) is 31.6 Å². The number of benzene rings is 1. The van der Waals surface area contributed by atoms with Gasteiger partial charge in [0.1, 0.15) is 17.3 Å². The first kappa shape index (κ1) is 18.8. The van der Waals surface area contributed by atoms with E-state index in [1.807, 2.05) is 6.92 Å². The molecule has 4 nitrogen and oxygen atoms in total. The number of hydrogen-bond donors (Lipinski definition) is 2. The van der Waals surface area contributed by atoms with E-state index in [0.29, 0.717) is 18.3 Å². The fourth-order valence-electron chi connectivity index (χ4n) is 2.68. The van der Waals surface area contributed by atoms with E-state index in [2.05, 4.69) is 28.8 Å². The summed E-state index contributed by atoms with van der Waals surface area (Å²) in [5.41, 5.74) is 0.0692. The summed E-state index contributed by atoms with van der Waals surface area (Å²) < 4.78 is 27.8. The van der Waals surface area contributed by atoms with Gasteiger partial charge in [-0.1, -0.05) is 13.0 Å². The summed E-state index contributed by atoms with van der Waals surface area (Å²) in [6, 6.07) is 4.11. The van der Waals surface area contributed by atoms with Gasteiger partial charge in [0.2, 0.25) is 0 Å². The van der Waals surface area contributed by atoms with Gasteiger partial charge in [-0.25, -0.2) is 8.78 Å².